The zero-order valence-corrected chi connectivity index (χ0v) is 12.3. The van der Waals surface area contributed by atoms with E-state index in [0.29, 0.717) is 0 Å². The Hall–Kier alpha value is -0.860. The second-order valence-corrected chi connectivity index (χ2v) is 5.02. The van der Waals surface area contributed by atoms with Gasteiger partial charge in [-0.15, -0.1) is 0 Å². The molecule has 1 aromatic rings. The van der Waals surface area contributed by atoms with Crippen LogP contribution in [0.2, 0.25) is 0 Å². The van der Waals surface area contributed by atoms with Gasteiger partial charge < -0.3 is 10.1 Å². The van der Waals surface area contributed by atoms with Gasteiger partial charge in [0.15, 0.2) is 0 Å². The standard InChI is InChI=1S/C16H27NO/c1-5-16(6-2,13-17-11-12-18-4)15-9-7-14(3)8-10-15/h7-10,17H,5-6,11-13H2,1-4H3. The summed E-state index contributed by atoms with van der Waals surface area (Å²) in [5, 5.41) is 3.52. The Balaban J connectivity index is 2.75. The van der Waals surface area contributed by atoms with Crippen molar-refractivity contribution in [3.8, 4) is 0 Å². The summed E-state index contributed by atoms with van der Waals surface area (Å²) in [4.78, 5) is 0. The van der Waals surface area contributed by atoms with E-state index in [1.165, 1.54) is 11.1 Å². The lowest BCUT2D eigenvalue weighted by molar-refractivity contribution is 0.195. The minimum atomic E-state index is 0.251. The van der Waals surface area contributed by atoms with E-state index in [1.54, 1.807) is 7.11 Å². The number of hydrogen-bond donors (Lipinski definition) is 1. The summed E-state index contributed by atoms with van der Waals surface area (Å²) < 4.78 is 5.08. The summed E-state index contributed by atoms with van der Waals surface area (Å²) in [5.41, 5.74) is 3.02. The average molecular weight is 249 g/mol. The molecule has 2 heteroatoms. The molecule has 0 saturated heterocycles. The van der Waals surface area contributed by atoms with Crippen molar-refractivity contribution < 1.29 is 4.74 Å². The van der Waals surface area contributed by atoms with Crippen LogP contribution in [0.4, 0.5) is 0 Å². The first-order valence-electron chi connectivity index (χ1n) is 6.95. The Morgan fingerprint density at radius 1 is 1.11 bits per heavy atom. The van der Waals surface area contributed by atoms with Gasteiger partial charge in [-0.1, -0.05) is 43.7 Å². The number of hydrogen-bond acceptors (Lipinski definition) is 2. The van der Waals surface area contributed by atoms with Crippen LogP contribution in [-0.2, 0) is 10.2 Å². The fourth-order valence-corrected chi connectivity index (χ4v) is 2.42. The molecule has 0 atom stereocenters. The summed E-state index contributed by atoms with van der Waals surface area (Å²) in [7, 11) is 1.74. The van der Waals surface area contributed by atoms with E-state index >= 15 is 0 Å². The monoisotopic (exact) mass is 249 g/mol. The number of rotatable bonds is 8. The van der Waals surface area contributed by atoms with Gasteiger partial charge in [-0.05, 0) is 25.3 Å². The zero-order chi connectivity index (χ0) is 13.4. The summed E-state index contributed by atoms with van der Waals surface area (Å²) >= 11 is 0. The van der Waals surface area contributed by atoms with Gasteiger partial charge in [0.05, 0.1) is 6.61 Å². The molecule has 1 rings (SSSR count). The van der Waals surface area contributed by atoms with Crippen molar-refractivity contribution in [3.63, 3.8) is 0 Å². The molecule has 102 valence electrons. The Morgan fingerprint density at radius 3 is 2.22 bits per heavy atom. The lowest BCUT2D eigenvalue weighted by atomic mass is 9.75. The number of nitrogens with one attached hydrogen (secondary N) is 1. The highest BCUT2D eigenvalue weighted by Gasteiger charge is 2.27. The third kappa shape index (κ3) is 3.82. The smallest absolute Gasteiger partial charge is 0.0587 e. The predicted molar refractivity (Wildman–Crippen MR) is 78.2 cm³/mol. The largest absolute Gasteiger partial charge is 0.383 e. The lowest BCUT2D eigenvalue weighted by Gasteiger charge is -2.33. The molecule has 0 amide bonds. The molecule has 0 heterocycles. The molecule has 0 bridgehead atoms. The second-order valence-electron chi connectivity index (χ2n) is 5.02. The van der Waals surface area contributed by atoms with Crippen molar-refractivity contribution in [1.29, 1.82) is 0 Å². The van der Waals surface area contributed by atoms with Crippen LogP contribution in [0.1, 0.15) is 37.8 Å². The second kappa shape index (κ2) is 7.55. The Kier molecular flexibility index (Phi) is 6.37. The van der Waals surface area contributed by atoms with Crippen molar-refractivity contribution >= 4 is 0 Å². The fraction of sp³-hybridized carbons (Fsp3) is 0.625. The first-order chi connectivity index (χ1) is 8.68. The Bertz CT molecular complexity index is 327. The summed E-state index contributed by atoms with van der Waals surface area (Å²) in [5.74, 6) is 0. The highest BCUT2D eigenvalue weighted by atomic mass is 16.5. The van der Waals surface area contributed by atoms with Gasteiger partial charge in [0.25, 0.3) is 0 Å². The molecule has 0 aliphatic rings. The molecule has 0 aliphatic heterocycles. The highest BCUT2D eigenvalue weighted by molar-refractivity contribution is 5.29. The molecule has 1 aromatic carbocycles. The molecule has 0 aromatic heterocycles. The maximum atomic E-state index is 5.08. The Morgan fingerprint density at radius 2 is 1.72 bits per heavy atom. The molecule has 0 saturated carbocycles. The molecule has 2 nitrogen and oxygen atoms in total. The zero-order valence-electron chi connectivity index (χ0n) is 12.3. The lowest BCUT2D eigenvalue weighted by Crippen LogP contribution is -2.38. The minimum absolute atomic E-state index is 0.251. The van der Waals surface area contributed by atoms with E-state index in [1.807, 2.05) is 0 Å². The van der Waals surface area contributed by atoms with Crippen molar-refractivity contribution in [1.82, 2.24) is 5.32 Å². The van der Waals surface area contributed by atoms with E-state index in [0.717, 1.165) is 32.5 Å². The Labute approximate surface area is 112 Å². The molecular weight excluding hydrogens is 222 g/mol. The first-order valence-corrected chi connectivity index (χ1v) is 6.95. The summed E-state index contributed by atoms with van der Waals surface area (Å²) in [6.07, 6.45) is 2.32. The van der Waals surface area contributed by atoms with Crippen molar-refractivity contribution in [2.24, 2.45) is 0 Å². The van der Waals surface area contributed by atoms with E-state index in [-0.39, 0.29) is 5.41 Å². The summed E-state index contributed by atoms with van der Waals surface area (Å²) in [6.45, 7) is 9.41. The number of aryl methyl sites for hydroxylation is 1. The van der Waals surface area contributed by atoms with Crippen LogP contribution < -0.4 is 5.32 Å². The maximum Gasteiger partial charge on any atom is 0.0587 e. The minimum Gasteiger partial charge on any atom is -0.383 e. The van der Waals surface area contributed by atoms with Gasteiger partial charge in [-0.25, -0.2) is 0 Å². The topological polar surface area (TPSA) is 21.3 Å². The van der Waals surface area contributed by atoms with E-state index in [4.69, 9.17) is 4.74 Å². The predicted octanol–water partition coefficient (Wildman–Crippen LogP) is 3.29. The van der Waals surface area contributed by atoms with E-state index < -0.39 is 0 Å². The van der Waals surface area contributed by atoms with Gasteiger partial charge in [0.1, 0.15) is 0 Å². The number of benzene rings is 1. The molecule has 0 fully saturated rings. The van der Waals surface area contributed by atoms with Gasteiger partial charge in [0.2, 0.25) is 0 Å². The third-order valence-corrected chi connectivity index (χ3v) is 3.96. The normalized spacial score (nSPS) is 11.8. The van der Waals surface area contributed by atoms with Crippen molar-refractivity contribution in [3.05, 3.63) is 35.4 Å². The third-order valence-electron chi connectivity index (χ3n) is 3.96. The van der Waals surface area contributed by atoms with E-state index in [9.17, 15) is 0 Å². The molecule has 0 radical (unpaired) electrons. The van der Waals surface area contributed by atoms with Crippen molar-refractivity contribution in [2.75, 3.05) is 26.8 Å². The van der Waals surface area contributed by atoms with Gasteiger partial charge >= 0.3 is 0 Å². The highest BCUT2D eigenvalue weighted by Crippen LogP contribution is 2.31. The first kappa shape index (κ1) is 15.2. The molecule has 18 heavy (non-hydrogen) atoms. The van der Waals surface area contributed by atoms with Gasteiger partial charge in [0, 0.05) is 25.6 Å². The average Bonchev–Trinajstić information content (AvgIpc) is 2.41. The molecule has 0 aliphatic carbocycles. The van der Waals surface area contributed by atoms with Crippen LogP contribution in [0.5, 0.6) is 0 Å². The van der Waals surface area contributed by atoms with Crippen LogP contribution in [0.15, 0.2) is 24.3 Å². The van der Waals surface area contributed by atoms with Gasteiger partial charge in [-0.3, -0.25) is 0 Å². The summed E-state index contributed by atoms with van der Waals surface area (Å²) in [6, 6.07) is 8.98. The number of ether oxygens (including phenoxy) is 1. The molecule has 0 unspecified atom stereocenters. The number of methoxy groups -OCH3 is 1. The molecule has 0 spiro atoms. The maximum absolute atomic E-state index is 5.08. The van der Waals surface area contributed by atoms with Crippen LogP contribution in [-0.4, -0.2) is 26.8 Å². The van der Waals surface area contributed by atoms with Crippen molar-refractivity contribution in [2.45, 2.75) is 39.0 Å². The SMILES string of the molecule is CCC(CC)(CNCCOC)c1ccc(C)cc1. The van der Waals surface area contributed by atoms with Crippen LogP contribution >= 0.6 is 0 Å². The molecular formula is C16H27NO. The van der Waals surface area contributed by atoms with Crippen LogP contribution in [0.25, 0.3) is 0 Å². The molecule has 1 N–H and O–H groups in total. The quantitative estimate of drug-likeness (QED) is 0.714. The van der Waals surface area contributed by atoms with Gasteiger partial charge in [-0.2, -0.15) is 0 Å². The van der Waals surface area contributed by atoms with Crippen LogP contribution in [0.3, 0.4) is 0 Å². The van der Waals surface area contributed by atoms with Crippen LogP contribution in [0, 0.1) is 6.92 Å². The van der Waals surface area contributed by atoms with E-state index in [2.05, 4.69) is 50.4 Å². The fourth-order valence-electron chi connectivity index (χ4n) is 2.42.